The monoisotopic (exact) mass is 407 g/mol. The fourth-order valence-corrected chi connectivity index (χ4v) is 3.13. The van der Waals surface area contributed by atoms with E-state index in [1.54, 1.807) is 24.3 Å². The summed E-state index contributed by atoms with van der Waals surface area (Å²) in [7, 11) is 0. The molecule has 0 bridgehead atoms. The number of esters is 1. The summed E-state index contributed by atoms with van der Waals surface area (Å²) in [6, 6.07) is 11.5. The van der Waals surface area contributed by atoms with Gasteiger partial charge in [-0.3, -0.25) is 14.4 Å². The molecule has 140 valence electrons. The lowest BCUT2D eigenvalue weighted by molar-refractivity contribution is -0.142. The summed E-state index contributed by atoms with van der Waals surface area (Å²) in [5.41, 5.74) is 0.830. The van der Waals surface area contributed by atoms with Crippen molar-refractivity contribution in [2.24, 2.45) is 0 Å². The van der Waals surface area contributed by atoms with Crippen molar-refractivity contribution in [1.29, 1.82) is 0 Å². The maximum Gasteiger partial charge on any atom is 0.308 e. The van der Waals surface area contributed by atoms with Crippen LogP contribution in [-0.4, -0.2) is 37.4 Å². The average Bonchev–Trinajstić information content (AvgIpc) is 2.65. The van der Waals surface area contributed by atoms with Gasteiger partial charge in [-0.15, -0.1) is 0 Å². The zero-order valence-electron chi connectivity index (χ0n) is 14.1. The third kappa shape index (κ3) is 4.59. The van der Waals surface area contributed by atoms with E-state index >= 15 is 0 Å². The largest absolute Gasteiger partial charge is 0.482 e. The van der Waals surface area contributed by atoms with Crippen LogP contribution in [0.3, 0.4) is 0 Å². The summed E-state index contributed by atoms with van der Waals surface area (Å²) < 4.78 is 10.4. The summed E-state index contributed by atoms with van der Waals surface area (Å²) in [6.07, 6.45) is -0.0539. The van der Waals surface area contributed by atoms with E-state index in [4.69, 9.17) is 32.7 Å². The third-order valence-electron chi connectivity index (χ3n) is 3.94. The highest BCUT2D eigenvalue weighted by Crippen LogP contribution is 2.31. The number of hydrogen-bond acceptors (Lipinski definition) is 5. The molecular formula is C19H15Cl2NO5. The first-order valence-electron chi connectivity index (χ1n) is 8.12. The molecule has 3 rings (SSSR count). The summed E-state index contributed by atoms with van der Waals surface area (Å²) in [6.45, 7) is -0.388. The number of carbonyl (C=O) groups is 3. The van der Waals surface area contributed by atoms with Crippen LogP contribution < -0.4 is 9.64 Å². The first-order chi connectivity index (χ1) is 13.0. The van der Waals surface area contributed by atoms with E-state index in [0.29, 0.717) is 16.5 Å². The van der Waals surface area contributed by atoms with Crippen LogP contribution in [0.2, 0.25) is 10.0 Å². The van der Waals surface area contributed by atoms with E-state index in [9.17, 15) is 14.4 Å². The molecule has 0 aliphatic carbocycles. The Kier molecular flexibility index (Phi) is 5.98. The van der Waals surface area contributed by atoms with Gasteiger partial charge in [-0.1, -0.05) is 35.3 Å². The number of halogens is 2. The molecule has 1 heterocycles. The summed E-state index contributed by atoms with van der Waals surface area (Å²) in [5.74, 6) is -0.688. The highest BCUT2D eigenvalue weighted by atomic mass is 35.5. The van der Waals surface area contributed by atoms with Gasteiger partial charge in [0, 0.05) is 17.1 Å². The minimum atomic E-state index is -0.592. The van der Waals surface area contributed by atoms with Crippen LogP contribution in [0.25, 0.3) is 0 Å². The van der Waals surface area contributed by atoms with E-state index in [-0.39, 0.29) is 36.1 Å². The molecule has 2 aromatic rings. The predicted octanol–water partition coefficient (Wildman–Crippen LogP) is 3.54. The molecule has 0 atom stereocenters. The second-order valence-corrected chi connectivity index (χ2v) is 6.60. The standard InChI is InChI=1S/C19H15Cl2NO5/c20-12-5-6-13(14(21)9-12)16(23)10-27-19(25)7-8-22-15-3-1-2-4-17(15)26-11-18(22)24/h1-6,9H,7-8,10-11H2. The number of ether oxygens (including phenoxy) is 2. The molecule has 0 aromatic heterocycles. The van der Waals surface area contributed by atoms with Crippen molar-refractivity contribution in [3.8, 4) is 5.75 Å². The molecule has 0 unspecified atom stereocenters. The number of nitrogens with zero attached hydrogens (tertiary/aromatic N) is 1. The minimum absolute atomic E-state index is 0.0539. The van der Waals surface area contributed by atoms with Crippen LogP contribution in [0.15, 0.2) is 42.5 Å². The highest BCUT2D eigenvalue weighted by Gasteiger charge is 2.25. The molecule has 27 heavy (non-hydrogen) atoms. The molecule has 6 nitrogen and oxygen atoms in total. The number of hydrogen-bond donors (Lipinski definition) is 0. The maximum absolute atomic E-state index is 12.1. The second-order valence-electron chi connectivity index (χ2n) is 5.76. The van der Waals surface area contributed by atoms with Crippen LogP contribution in [-0.2, 0) is 14.3 Å². The molecule has 1 amide bonds. The number of anilines is 1. The molecule has 0 saturated carbocycles. The van der Waals surface area contributed by atoms with Gasteiger partial charge in [-0.25, -0.2) is 0 Å². The number of benzene rings is 2. The molecule has 0 spiro atoms. The molecular weight excluding hydrogens is 393 g/mol. The number of carbonyl (C=O) groups excluding carboxylic acids is 3. The van der Waals surface area contributed by atoms with Crippen LogP contribution >= 0.6 is 23.2 Å². The van der Waals surface area contributed by atoms with E-state index in [1.807, 2.05) is 0 Å². The maximum atomic E-state index is 12.1. The Morgan fingerprint density at radius 3 is 2.70 bits per heavy atom. The summed E-state index contributed by atoms with van der Waals surface area (Å²) in [5, 5.41) is 0.600. The lowest BCUT2D eigenvalue weighted by Gasteiger charge is -2.28. The van der Waals surface area contributed by atoms with Crippen LogP contribution in [0, 0.1) is 0 Å². The predicted molar refractivity (Wildman–Crippen MR) is 101 cm³/mol. The average molecular weight is 408 g/mol. The Hall–Kier alpha value is -2.57. The van der Waals surface area contributed by atoms with Gasteiger partial charge in [-0.05, 0) is 30.3 Å². The normalized spacial score (nSPS) is 13.0. The van der Waals surface area contributed by atoms with Crippen molar-refractivity contribution < 1.29 is 23.9 Å². The van der Waals surface area contributed by atoms with Gasteiger partial charge in [0.2, 0.25) is 5.78 Å². The van der Waals surface area contributed by atoms with Crippen molar-refractivity contribution in [3.05, 3.63) is 58.1 Å². The van der Waals surface area contributed by atoms with Crippen molar-refractivity contribution in [3.63, 3.8) is 0 Å². The van der Waals surface area contributed by atoms with Gasteiger partial charge in [0.1, 0.15) is 5.75 Å². The molecule has 1 aliphatic heterocycles. The molecule has 0 fully saturated rings. The number of para-hydroxylation sites is 2. The second kappa shape index (κ2) is 8.41. The fraction of sp³-hybridized carbons (Fsp3) is 0.211. The Bertz CT molecular complexity index is 899. The Morgan fingerprint density at radius 2 is 1.93 bits per heavy atom. The van der Waals surface area contributed by atoms with E-state index in [0.717, 1.165) is 0 Å². The topological polar surface area (TPSA) is 72.9 Å². The van der Waals surface area contributed by atoms with E-state index in [2.05, 4.69) is 0 Å². The molecule has 0 radical (unpaired) electrons. The van der Waals surface area contributed by atoms with E-state index < -0.39 is 18.4 Å². The molecule has 0 saturated heterocycles. The lowest BCUT2D eigenvalue weighted by Crippen LogP contribution is -2.40. The SMILES string of the molecule is O=C(CCN1C(=O)COc2ccccc21)OCC(=O)c1ccc(Cl)cc1Cl. The Balaban J connectivity index is 1.54. The first kappa shape index (κ1) is 19.2. The number of rotatable bonds is 6. The van der Waals surface area contributed by atoms with Gasteiger partial charge >= 0.3 is 5.97 Å². The van der Waals surface area contributed by atoms with Crippen molar-refractivity contribution in [1.82, 2.24) is 0 Å². The number of ketones is 1. The van der Waals surface area contributed by atoms with E-state index in [1.165, 1.54) is 23.1 Å². The van der Waals surface area contributed by atoms with Crippen LogP contribution in [0.1, 0.15) is 16.8 Å². The highest BCUT2D eigenvalue weighted by molar-refractivity contribution is 6.36. The molecule has 2 aromatic carbocycles. The van der Waals surface area contributed by atoms with Crippen LogP contribution in [0.5, 0.6) is 5.75 Å². The Morgan fingerprint density at radius 1 is 1.15 bits per heavy atom. The Labute approximate surface area is 165 Å². The molecule has 8 heteroatoms. The first-order valence-corrected chi connectivity index (χ1v) is 8.87. The van der Waals surface area contributed by atoms with Crippen molar-refractivity contribution in [2.45, 2.75) is 6.42 Å². The zero-order valence-corrected chi connectivity index (χ0v) is 15.6. The fourth-order valence-electron chi connectivity index (χ4n) is 2.61. The van der Waals surface area contributed by atoms with Crippen molar-refractivity contribution >= 4 is 46.5 Å². The summed E-state index contributed by atoms with van der Waals surface area (Å²) >= 11 is 11.8. The quantitative estimate of drug-likeness (QED) is 0.540. The van der Waals surface area contributed by atoms with Gasteiger partial charge in [0.25, 0.3) is 5.91 Å². The smallest absolute Gasteiger partial charge is 0.308 e. The van der Waals surface area contributed by atoms with Gasteiger partial charge in [-0.2, -0.15) is 0 Å². The van der Waals surface area contributed by atoms with Crippen LogP contribution in [0.4, 0.5) is 5.69 Å². The number of amides is 1. The minimum Gasteiger partial charge on any atom is -0.482 e. The van der Waals surface area contributed by atoms with Gasteiger partial charge in [0.15, 0.2) is 13.2 Å². The summed E-state index contributed by atoms with van der Waals surface area (Å²) in [4.78, 5) is 37.6. The zero-order chi connectivity index (χ0) is 19.4. The molecule has 1 aliphatic rings. The lowest BCUT2D eigenvalue weighted by atomic mass is 10.1. The molecule has 0 N–H and O–H groups in total. The number of Topliss-reactive ketones (excluding diaryl/α,β-unsaturated/α-hetero) is 1. The van der Waals surface area contributed by atoms with Gasteiger partial charge < -0.3 is 14.4 Å². The number of fused-ring (bicyclic) bond motifs is 1. The van der Waals surface area contributed by atoms with Crippen molar-refractivity contribution in [2.75, 3.05) is 24.7 Å². The third-order valence-corrected chi connectivity index (χ3v) is 4.49. The van der Waals surface area contributed by atoms with Gasteiger partial charge in [0.05, 0.1) is 17.1 Å².